The minimum absolute atomic E-state index is 0.0825. The number of aromatic nitrogens is 2. The van der Waals surface area contributed by atoms with Crippen LogP contribution in [0.25, 0.3) is 11.3 Å². The highest BCUT2D eigenvalue weighted by Gasteiger charge is 2.22. The Balaban J connectivity index is 2.05. The lowest BCUT2D eigenvalue weighted by Crippen LogP contribution is -2.26. The van der Waals surface area contributed by atoms with Crippen LogP contribution in [-0.4, -0.2) is 42.0 Å². The van der Waals surface area contributed by atoms with Gasteiger partial charge >= 0.3 is 0 Å². The molecule has 2 heterocycles. The minimum atomic E-state index is 0.0825. The normalized spacial score (nSPS) is 13.2. The van der Waals surface area contributed by atoms with Crippen LogP contribution >= 0.6 is 0 Å². The first kappa shape index (κ1) is 15.6. The Labute approximate surface area is 136 Å². The quantitative estimate of drug-likeness (QED) is 0.883. The zero-order chi connectivity index (χ0) is 16.4. The number of nitrogens with zero attached hydrogens (tertiary/aromatic N) is 3. The van der Waals surface area contributed by atoms with E-state index in [1.165, 1.54) is 5.56 Å². The van der Waals surface area contributed by atoms with Gasteiger partial charge in [-0.1, -0.05) is 19.9 Å². The van der Waals surface area contributed by atoms with Crippen LogP contribution in [0, 0.1) is 0 Å². The van der Waals surface area contributed by atoms with Gasteiger partial charge in [-0.25, -0.2) is 9.97 Å². The van der Waals surface area contributed by atoms with Crippen molar-refractivity contribution >= 4 is 11.6 Å². The molecule has 0 spiro atoms. The topological polar surface area (TPSA) is 70.5 Å². The molecule has 1 aliphatic rings. The van der Waals surface area contributed by atoms with Crippen LogP contribution in [0.1, 0.15) is 25.3 Å². The number of fused-ring (bicyclic) bond motifs is 1. The number of ether oxygens (including phenoxy) is 1. The number of anilines is 2. The second kappa shape index (κ2) is 6.42. The summed E-state index contributed by atoms with van der Waals surface area (Å²) in [5.74, 6) is 2.73. The van der Waals surface area contributed by atoms with Crippen LogP contribution in [-0.2, 0) is 0 Å². The lowest BCUT2D eigenvalue weighted by molar-refractivity contribution is 0.303. The number of rotatable bonds is 5. The molecule has 6 nitrogen and oxygen atoms in total. The third-order valence-corrected chi connectivity index (χ3v) is 4.03. The molecule has 2 aromatic rings. The summed E-state index contributed by atoms with van der Waals surface area (Å²) in [5.41, 5.74) is 2.94. The molecule has 0 amide bonds. The second-order valence-corrected chi connectivity index (χ2v) is 5.86. The number of aliphatic hydroxyl groups is 1. The summed E-state index contributed by atoms with van der Waals surface area (Å²) in [6.07, 6.45) is 1.76. The highest BCUT2D eigenvalue weighted by Crippen LogP contribution is 2.35. The fourth-order valence-corrected chi connectivity index (χ4v) is 2.69. The second-order valence-electron chi connectivity index (χ2n) is 5.86. The van der Waals surface area contributed by atoms with Crippen molar-refractivity contribution in [3.05, 3.63) is 30.0 Å². The molecule has 1 aromatic heterocycles. The number of nitrogens with one attached hydrogen (secondary N) is 1. The van der Waals surface area contributed by atoms with E-state index in [9.17, 15) is 5.11 Å². The maximum Gasteiger partial charge on any atom is 0.173 e. The lowest BCUT2D eigenvalue weighted by atomic mass is 9.99. The predicted molar refractivity (Wildman–Crippen MR) is 91.0 cm³/mol. The summed E-state index contributed by atoms with van der Waals surface area (Å²) in [4.78, 5) is 11.2. The Morgan fingerprint density at radius 1 is 1.39 bits per heavy atom. The molecule has 0 fully saturated rings. The number of aliphatic hydroxyl groups excluding tert-OH is 1. The van der Waals surface area contributed by atoms with Crippen LogP contribution in [0.4, 0.5) is 11.6 Å². The third-order valence-electron chi connectivity index (χ3n) is 4.03. The molecular formula is C17H22N4O2. The summed E-state index contributed by atoms with van der Waals surface area (Å²) < 4.78 is 5.49. The number of benzene rings is 1. The predicted octanol–water partition coefficient (Wildman–Crippen LogP) is 2.46. The Hall–Kier alpha value is -2.34. The van der Waals surface area contributed by atoms with Crippen molar-refractivity contribution in [1.82, 2.24) is 9.97 Å². The summed E-state index contributed by atoms with van der Waals surface area (Å²) in [6.45, 7) is 5.54. The first-order valence-corrected chi connectivity index (χ1v) is 7.79. The molecule has 1 aliphatic heterocycles. The van der Waals surface area contributed by atoms with E-state index in [-0.39, 0.29) is 6.61 Å². The molecule has 122 valence electrons. The molecular weight excluding hydrogens is 292 g/mol. The molecule has 23 heavy (non-hydrogen) atoms. The average molecular weight is 314 g/mol. The van der Waals surface area contributed by atoms with Gasteiger partial charge in [0.1, 0.15) is 5.75 Å². The van der Waals surface area contributed by atoms with E-state index in [0.717, 1.165) is 28.6 Å². The zero-order valence-corrected chi connectivity index (χ0v) is 13.7. The van der Waals surface area contributed by atoms with Gasteiger partial charge in [-0.2, -0.15) is 0 Å². The van der Waals surface area contributed by atoms with Crippen molar-refractivity contribution < 1.29 is 9.84 Å². The number of β-amino-alcohol motifs (C(OH)–C–C–N with tert-alkyl or cyclic N) is 1. The van der Waals surface area contributed by atoms with Crippen molar-refractivity contribution in [2.75, 3.05) is 37.1 Å². The van der Waals surface area contributed by atoms with E-state index in [4.69, 9.17) is 9.72 Å². The summed E-state index contributed by atoms with van der Waals surface area (Å²) in [7, 11) is 1.66. The Morgan fingerprint density at radius 3 is 2.91 bits per heavy atom. The van der Waals surface area contributed by atoms with Crippen LogP contribution in [0.3, 0.4) is 0 Å². The summed E-state index contributed by atoms with van der Waals surface area (Å²) >= 11 is 0. The number of methoxy groups -OCH3 is 1. The van der Waals surface area contributed by atoms with E-state index in [1.807, 2.05) is 11.0 Å². The molecule has 0 radical (unpaired) electrons. The van der Waals surface area contributed by atoms with Crippen molar-refractivity contribution in [2.45, 2.75) is 19.8 Å². The summed E-state index contributed by atoms with van der Waals surface area (Å²) in [5, 5.41) is 12.4. The minimum Gasteiger partial charge on any atom is -0.496 e. The average Bonchev–Trinajstić information content (AvgIpc) is 2.97. The van der Waals surface area contributed by atoms with Gasteiger partial charge in [-0.15, -0.1) is 0 Å². The van der Waals surface area contributed by atoms with Gasteiger partial charge in [0.15, 0.2) is 11.6 Å². The van der Waals surface area contributed by atoms with Crippen molar-refractivity contribution in [3.8, 4) is 17.0 Å². The highest BCUT2D eigenvalue weighted by molar-refractivity contribution is 5.74. The third kappa shape index (κ3) is 2.94. The van der Waals surface area contributed by atoms with Crippen molar-refractivity contribution in [1.29, 1.82) is 0 Å². The van der Waals surface area contributed by atoms with Crippen LogP contribution < -0.4 is 15.0 Å². The maximum absolute atomic E-state index is 9.18. The summed E-state index contributed by atoms with van der Waals surface area (Å²) in [6, 6.07) is 6.16. The highest BCUT2D eigenvalue weighted by atomic mass is 16.5. The van der Waals surface area contributed by atoms with Crippen LogP contribution in [0.15, 0.2) is 24.4 Å². The fourth-order valence-electron chi connectivity index (χ4n) is 2.69. The van der Waals surface area contributed by atoms with E-state index < -0.39 is 0 Å². The maximum atomic E-state index is 9.18. The van der Waals surface area contributed by atoms with Gasteiger partial charge in [0.05, 0.1) is 32.3 Å². The van der Waals surface area contributed by atoms with Gasteiger partial charge < -0.3 is 20.1 Å². The smallest absolute Gasteiger partial charge is 0.173 e. The number of hydrogen-bond acceptors (Lipinski definition) is 6. The van der Waals surface area contributed by atoms with Gasteiger partial charge in [0.2, 0.25) is 0 Å². The van der Waals surface area contributed by atoms with Crippen molar-refractivity contribution in [2.24, 2.45) is 0 Å². The SMILES string of the molecule is COc1ccc(C(C)C)cc1-c1cnc2c(n1)N(CCO)CN2. The van der Waals surface area contributed by atoms with E-state index in [0.29, 0.717) is 19.1 Å². The molecule has 2 N–H and O–H groups in total. The molecule has 6 heteroatoms. The van der Waals surface area contributed by atoms with Gasteiger partial charge in [-0.3, -0.25) is 0 Å². The number of hydrogen-bond donors (Lipinski definition) is 2. The van der Waals surface area contributed by atoms with Crippen LogP contribution in [0.5, 0.6) is 5.75 Å². The molecule has 0 unspecified atom stereocenters. The largest absolute Gasteiger partial charge is 0.496 e. The Bertz CT molecular complexity index is 701. The first-order chi connectivity index (χ1) is 11.1. The fraction of sp³-hybridized carbons (Fsp3) is 0.412. The van der Waals surface area contributed by atoms with Gasteiger partial charge in [-0.05, 0) is 23.6 Å². The van der Waals surface area contributed by atoms with Gasteiger partial charge in [0, 0.05) is 12.1 Å². The van der Waals surface area contributed by atoms with Gasteiger partial charge in [0.25, 0.3) is 0 Å². The van der Waals surface area contributed by atoms with E-state index in [1.54, 1.807) is 13.3 Å². The molecule has 1 aromatic carbocycles. The standard InChI is InChI=1S/C17H22N4O2/c1-11(2)12-4-5-15(23-3)13(8-12)14-9-18-16-17(20-14)21(6-7-22)10-19-16/h4-5,8-9,11,22H,6-7,10H2,1-3H3,(H,18,19). The van der Waals surface area contributed by atoms with E-state index >= 15 is 0 Å². The zero-order valence-electron chi connectivity index (χ0n) is 13.7. The molecule has 0 saturated heterocycles. The van der Waals surface area contributed by atoms with Crippen LogP contribution in [0.2, 0.25) is 0 Å². The first-order valence-electron chi connectivity index (χ1n) is 7.79. The monoisotopic (exact) mass is 314 g/mol. The Kier molecular flexibility index (Phi) is 4.34. The molecule has 0 atom stereocenters. The van der Waals surface area contributed by atoms with Crippen molar-refractivity contribution in [3.63, 3.8) is 0 Å². The lowest BCUT2D eigenvalue weighted by Gasteiger charge is -2.16. The Morgan fingerprint density at radius 2 is 2.22 bits per heavy atom. The molecule has 0 bridgehead atoms. The van der Waals surface area contributed by atoms with E-state index in [2.05, 4.69) is 36.3 Å². The molecule has 0 aliphatic carbocycles. The molecule has 0 saturated carbocycles. The molecule has 3 rings (SSSR count).